The number of carboxylic acids is 1. The van der Waals surface area contributed by atoms with E-state index in [9.17, 15) is 19.5 Å². The molecule has 0 saturated carbocycles. The van der Waals surface area contributed by atoms with Crippen LogP contribution in [0.5, 0.6) is 0 Å². The van der Waals surface area contributed by atoms with Crippen LogP contribution in [0.1, 0.15) is 303 Å². The van der Waals surface area contributed by atoms with Gasteiger partial charge in [-0.05, 0) is 77.0 Å². The van der Waals surface area contributed by atoms with Crippen LogP contribution in [0.4, 0.5) is 0 Å². The molecule has 0 spiro atoms. The summed E-state index contributed by atoms with van der Waals surface area (Å²) in [6.07, 6.45) is 90.5. The molecule has 2 unspecified atom stereocenters. The van der Waals surface area contributed by atoms with Crippen molar-refractivity contribution >= 4 is 17.9 Å². The summed E-state index contributed by atoms with van der Waals surface area (Å²) in [5.41, 5.74) is 0. The summed E-state index contributed by atoms with van der Waals surface area (Å²) in [4.78, 5) is 37.5. The zero-order valence-electron chi connectivity index (χ0n) is 56.4. The molecule has 0 bridgehead atoms. The molecule has 0 aromatic carbocycles. The summed E-state index contributed by atoms with van der Waals surface area (Å²) >= 11 is 0. The van der Waals surface area contributed by atoms with E-state index in [4.69, 9.17) is 18.9 Å². The minimum Gasteiger partial charge on any atom is -0.545 e. The quantitative estimate of drug-likeness (QED) is 0.0195. The highest BCUT2D eigenvalue weighted by atomic mass is 16.7. The summed E-state index contributed by atoms with van der Waals surface area (Å²) in [7, 11) is 5.91. The fraction of sp³-hybridized carbons (Fsp3) is 0.727. The van der Waals surface area contributed by atoms with Crippen LogP contribution in [-0.2, 0) is 33.3 Å². The van der Waals surface area contributed by atoms with Gasteiger partial charge in [0.25, 0.3) is 0 Å². The molecule has 0 heterocycles. The lowest BCUT2D eigenvalue weighted by molar-refractivity contribution is -0.870. The van der Waals surface area contributed by atoms with Crippen molar-refractivity contribution in [2.24, 2.45) is 0 Å². The Bertz CT molecular complexity index is 1780. The Morgan fingerprint density at radius 2 is 0.663 bits per heavy atom. The number of quaternary nitrogens is 1. The zero-order valence-corrected chi connectivity index (χ0v) is 56.4. The predicted octanol–water partition coefficient (Wildman–Crippen LogP) is 20.9. The number of allylic oxidation sites excluding steroid dienone is 18. The lowest BCUT2D eigenvalue weighted by Gasteiger charge is -2.26. The average molecular weight is 1200 g/mol. The smallest absolute Gasteiger partial charge is 0.306 e. The van der Waals surface area contributed by atoms with Gasteiger partial charge in [0.15, 0.2) is 12.4 Å². The average Bonchev–Trinajstić information content (AvgIpc) is 3.64. The standard InChI is InChI=1S/C77H133NO8/c1-6-8-10-12-14-16-18-20-22-24-26-28-30-32-34-36-37-38-40-41-43-45-47-49-51-53-55-57-59-61-63-65-67-74(79)84-71-73(72-85-77(76(81)82)83-70-69-78(3,4)5)86-75(80)68-66-64-62-60-58-56-54-52-50-48-46-44-42-39-35-33-31-29-27-25-23-21-19-17-15-13-11-9-7-2/h9,11,15,17,21,23,27,29,33,35,42,44,48,50,54,56,60,62,73,77H,6-8,10,12-14,16,18-20,22,24-26,28,30-32,34,36-41,43,45-47,49,51-53,55,57-59,61,63-72H2,1-5H3/b11-9-,17-15-,23-21-,29-27-,35-33-,44-42-,50-48-,56-54-,62-60-. The van der Waals surface area contributed by atoms with Gasteiger partial charge in [0.05, 0.1) is 40.3 Å². The van der Waals surface area contributed by atoms with Crippen LogP contribution in [0.15, 0.2) is 109 Å². The number of unbranched alkanes of at least 4 members (excludes halogenated alkanes) is 32. The largest absolute Gasteiger partial charge is 0.545 e. The van der Waals surface area contributed by atoms with Crippen LogP contribution in [0.3, 0.4) is 0 Å². The molecule has 0 rings (SSSR count). The molecule has 0 aliphatic heterocycles. The Hall–Kier alpha value is -4.05. The van der Waals surface area contributed by atoms with Crippen LogP contribution in [-0.4, -0.2) is 82.3 Å². The fourth-order valence-electron chi connectivity index (χ4n) is 9.89. The second kappa shape index (κ2) is 66.9. The number of rotatable bonds is 65. The second-order valence-corrected chi connectivity index (χ2v) is 24.8. The highest BCUT2D eigenvalue weighted by Crippen LogP contribution is 2.18. The zero-order chi connectivity index (χ0) is 62.6. The maximum atomic E-state index is 12.9. The van der Waals surface area contributed by atoms with E-state index in [1.54, 1.807) is 0 Å². The highest BCUT2D eigenvalue weighted by Gasteiger charge is 2.22. The minimum absolute atomic E-state index is 0.132. The maximum Gasteiger partial charge on any atom is 0.306 e. The minimum atomic E-state index is -1.64. The molecule has 86 heavy (non-hydrogen) atoms. The van der Waals surface area contributed by atoms with Gasteiger partial charge < -0.3 is 33.3 Å². The van der Waals surface area contributed by atoms with Gasteiger partial charge in [0, 0.05) is 12.8 Å². The number of aliphatic carboxylic acids is 1. The molecule has 9 nitrogen and oxygen atoms in total. The summed E-state index contributed by atoms with van der Waals surface area (Å²) in [5.74, 6) is -2.36. The first kappa shape index (κ1) is 82.0. The number of likely N-dealkylation sites (N-methyl/N-ethyl adjacent to an activating group) is 1. The third-order valence-corrected chi connectivity index (χ3v) is 15.3. The molecule has 0 aliphatic rings. The van der Waals surface area contributed by atoms with Gasteiger partial charge in [-0.15, -0.1) is 0 Å². The molecule has 2 atom stereocenters. The molecule has 0 N–H and O–H groups in total. The molecule has 494 valence electrons. The van der Waals surface area contributed by atoms with E-state index >= 15 is 0 Å². The van der Waals surface area contributed by atoms with E-state index in [0.29, 0.717) is 23.9 Å². The number of nitrogens with zero attached hydrogens (tertiary/aromatic N) is 1. The van der Waals surface area contributed by atoms with Crippen molar-refractivity contribution in [2.45, 2.75) is 315 Å². The van der Waals surface area contributed by atoms with E-state index in [-0.39, 0.29) is 38.6 Å². The van der Waals surface area contributed by atoms with E-state index in [2.05, 4.69) is 123 Å². The third-order valence-electron chi connectivity index (χ3n) is 15.3. The number of hydrogen-bond donors (Lipinski definition) is 0. The van der Waals surface area contributed by atoms with Crippen molar-refractivity contribution in [1.29, 1.82) is 0 Å². The SMILES string of the molecule is CC/C=C\C/C=C\C/C=C\C/C=C\C/C=C\C/C=C\C/C=C\C/C=C\C/C=C\CCCC(=O)OC(COC(=O)CCCCCCCCCCCCCCCCCCCCCCCCCCCCCCCCCC)COC(OCC[N+](C)(C)C)C(=O)[O-]. The molecule has 0 aliphatic carbocycles. The van der Waals surface area contributed by atoms with Gasteiger partial charge in [0.2, 0.25) is 0 Å². The Morgan fingerprint density at radius 3 is 0.977 bits per heavy atom. The molecule has 0 amide bonds. The lowest BCUT2D eigenvalue weighted by Crippen LogP contribution is -2.44. The van der Waals surface area contributed by atoms with Crippen molar-refractivity contribution < 1.29 is 42.9 Å². The van der Waals surface area contributed by atoms with Gasteiger partial charge in [-0.1, -0.05) is 322 Å². The summed E-state index contributed by atoms with van der Waals surface area (Å²) in [5, 5.41) is 11.8. The molecule has 0 radical (unpaired) electrons. The van der Waals surface area contributed by atoms with E-state index < -0.39 is 24.3 Å². The van der Waals surface area contributed by atoms with E-state index in [0.717, 1.165) is 77.0 Å². The number of carbonyl (C=O) groups is 3. The molecular weight excluding hydrogens is 1070 g/mol. The normalized spacial score (nSPS) is 13.4. The van der Waals surface area contributed by atoms with Crippen molar-refractivity contribution in [3.05, 3.63) is 109 Å². The first-order chi connectivity index (χ1) is 42.1. The number of ether oxygens (including phenoxy) is 4. The van der Waals surface area contributed by atoms with E-state index in [1.807, 2.05) is 21.1 Å². The van der Waals surface area contributed by atoms with Crippen molar-refractivity contribution in [1.82, 2.24) is 0 Å². The van der Waals surface area contributed by atoms with Crippen LogP contribution < -0.4 is 5.11 Å². The van der Waals surface area contributed by atoms with Crippen LogP contribution >= 0.6 is 0 Å². The van der Waals surface area contributed by atoms with Crippen LogP contribution in [0.2, 0.25) is 0 Å². The number of carbonyl (C=O) groups excluding carboxylic acids is 3. The molecule has 9 heteroatoms. The number of esters is 2. The third kappa shape index (κ3) is 67.5. The summed E-state index contributed by atoms with van der Waals surface area (Å²) < 4.78 is 22.7. The Kier molecular flexibility index (Phi) is 63.7. The van der Waals surface area contributed by atoms with Crippen molar-refractivity contribution in [3.8, 4) is 0 Å². The first-order valence-electron chi connectivity index (χ1n) is 35.5. The monoisotopic (exact) mass is 1200 g/mol. The fourth-order valence-corrected chi connectivity index (χ4v) is 9.89. The number of hydrogen-bond acceptors (Lipinski definition) is 8. The van der Waals surface area contributed by atoms with Gasteiger partial charge in [-0.25, -0.2) is 0 Å². The van der Waals surface area contributed by atoms with E-state index in [1.165, 1.54) is 186 Å². The Balaban J connectivity index is 4.19. The van der Waals surface area contributed by atoms with Crippen LogP contribution in [0, 0.1) is 0 Å². The summed E-state index contributed by atoms with van der Waals surface area (Å²) in [6, 6.07) is 0. The highest BCUT2D eigenvalue weighted by molar-refractivity contribution is 5.70. The van der Waals surface area contributed by atoms with Gasteiger partial charge >= 0.3 is 11.9 Å². The van der Waals surface area contributed by atoms with Crippen molar-refractivity contribution in [3.63, 3.8) is 0 Å². The topological polar surface area (TPSA) is 111 Å². The Morgan fingerprint density at radius 1 is 0.360 bits per heavy atom. The van der Waals surface area contributed by atoms with Gasteiger partial charge in [-0.2, -0.15) is 0 Å². The molecule has 0 fully saturated rings. The molecule has 0 aromatic heterocycles. The van der Waals surface area contributed by atoms with Gasteiger partial charge in [-0.3, -0.25) is 9.59 Å². The molecule has 0 aromatic rings. The second-order valence-electron chi connectivity index (χ2n) is 24.8. The maximum absolute atomic E-state index is 12.9. The van der Waals surface area contributed by atoms with Crippen LogP contribution in [0.25, 0.3) is 0 Å². The van der Waals surface area contributed by atoms with Gasteiger partial charge in [0.1, 0.15) is 13.2 Å². The lowest BCUT2D eigenvalue weighted by atomic mass is 10.0. The van der Waals surface area contributed by atoms with Crippen molar-refractivity contribution in [2.75, 3.05) is 47.5 Å². The summed E-state index contributed by atoms with van der Waals surface area (Å²) in [6.45, 7) is 4.60. The first-order valence-corrected chi connectivity index (χ1v) is 35.5. The molecule has 0 saturated heterocycles. The molecular formula is C77H133NO8. The number of carboxylic acid groups (broad SMARTS) is 1. The predicted molar refractivity (Wildman–Crippen MR) is 366 cm³/mol. The Labute approximate surface area is 530 Å².